The molecule has 1 fully saturated rings. The molecule has 0 spiro atoms. The van der Waals surface area contributed by atoms with E-state index in [-0.39, 0.29) is 25.1 Å². The number of amides is 5. The molecule has 1 aliphatic rings. The largest absolute Gasteiger partial charge is 0.508 e. The lowest BCUT2D eigenvalue weighted by atomic mass is 10.0. The highest BCUT2D eigenvalue weighted by Crippen LogP contribution is 2.21. The van der Waals surface area contributed by atoms with Gasteiger partial charge in [-0.15, -0.1) is 0 Å². The predicted octanol–water partition coefficient (Wildman–Crippen LogP) is -1.38. The van der Waals surface area contributed by atoms with E-state index < -0.39 is 47.7 Å². The Bertz CT molecular complexity index is 887. The van der Waals surface area contributed by atoms with Crippen molar-refractivity contribution in [3.8, 4) is 5.75 Å². The predicted molar refractivity (Wildman–Crippen MR) is 114 cm³/mol. The van der Waals surface area contributed by atoms with Crippen LogP contribution in [0.25, 0.3) is 0 Å². The number of benzene rings is 1. The number of carbonyl (C=O) groups is 5. The number of hydrogen-bond acceptors (Lipinski definition) is 7. The van der Waals surface area contributed by atoms with Crippen LogP contribution in [0.3, 0.4) is 0 Å². The number of phenols is 1. The molecule has 1 heterocycles. The molecule has 0 aromatic heterocycles. The number of nitrogens with two attached hydrogens (primary N) is 2. The topological polar surface area (TPSA) is 176 Å². The summed E-state index contributed by atoms with van der Waals surface area (Å²) >= 11 is 0. The summed E-state index contributed by atoms with van der Waals surface area (Å²) in [4.78, 5) is 63.6. The van der Waals surface area contributed by atoms with Gasteiger partial charge in [-0.1, -0.05) is 12.1 Å². The minimum atomic E-state index is -1.16. The SMILES string of the molecule is CC(=O)N[C@@H](Cc1ccc(O)cc1)C(=O)N(C)C(=O)[C@@H]1CCCN1C(=O)[C@@H](N)CC(N)=O. The van der Waals surface area contributed by atoms with Crippen molar-refractivity contribution in [2.75, 3.05) is 13.6 Å². The van der Waals surface area contributed by atoms with Gasteiger partial charge in [0.1, 0.15) is 17.8 Å². The molecule has 0 saturated carbocycles. The third-order valence-corrected chi connectivity index (χ3v) is 5.27. The van der Waals surface area contributed by atoms with E-state index in [2.05, 4.69) is 5.32 Å². The van der Waals surface area contributed by atoms with Crippen LogP contribution in [0.15, 0.2) is 24.3 Å². The molecule has 2 rings (SSSR count). The van der Waals surface area contributed by atoms with Crippen LogP contribution in [0, 0.1) is 0 Å². The molecule has 174 valence electrons. The molecule has 1 aromatic carbocycles. The Morgan fingerprint density at radius 3 is 2.41 bits per heavy atom. The van der Waals surface area contributed by atoms with Crippen LogP contribution < -0.4 is 16.8 Å². The van der Waals surface area contributed by atoms with Crippen molar-refractivity contribution in [1.82, 2.24) is 15.1 Å². The molecular weight excluding hydrogens is 418 g/mol. The fourth-order valence-corrected chi connectivity index (χ4v) is 3.68. The number of phenolic OH excluding ortho intramolecular Hbond substituents is 1. The Kier molecular flexibility index (Phi) is 8.30. The minimum Gasteiger partial charge on any atom is -0.508 e. The molecule has 1 saturated heterocycles. The maximum atomic E-state index is 13.1. The summed E-state index contributed by atoms with van der Waals surface area (Å²) in [5, 5.41) is 12.0. The van der Waals surface area contributed by atoms with Gasteiger partial charge in [0.2, 0.25) is 17.7 Å². The number of rotatable bonds is 8. The van der Waals surface area contributed by atoms with Gasteiger partial charge in [-0.25, -0.2) is 0 Å². The van der Waals surface area contributed by atoms with Crippen molar-refractivity contribution in [3.05, 3.63) is 29.8 Å². The van der Waals surface area contributed by atoms with E-state index in [1.807, 2.05) is 0 Å². The average molecular weight is 447 g/mol. The lowest BCUT2D eigenvalue weighted by molar-refractivity contribution is -0.151. The van der Waals surface area contributed by atoms with Crippen LogP contribution in [-0.4, -0.2) is 76.2 Å². The number of imide groups is 1. The average Bonchev–Trinajstić information content (AvgIpc) is 3.21. The number of nitrogens with one attached hydrogen (secondary N) is 1. The Balaban J connectivity index is 2.15. The molecule has 6 N–H and O–H groups in total. The molecule has 3 atom stereocenters. The molecule has 32 heavy (non-hydrogen) atoms. The smallest absolute Gasteiger partial charge is 0.251 e. The van der Waals surface area contributed by atoms with E-state index >= 15 is 0 Å². The summed E-state index contributed by atoms with van der Waals surface area (Å²) < 4.78 is 0. The van der Waals surface area contributed by atoms with Gasteiger partial charge >= 0.3 is 0 Å². The lowest BCUT2D eigenvalue weighted by Gasteiger charge is -2.30. The van der Waals surface area contributed by atoms with Gasteiger partial charge in [0, 0.05) is 26.9 Å². The van der Waals surface area contributed by atoms with E-state index in [9.17, 15) is 29.1 Å². The first kappa shape index (κ1) is 24.8. The van der Waals surface area contributed by atoms with Gasteiger partial charge in [0.15, 0.2) is 0 Å². The monoisotopic (exact) mass is 447 g/mol. The first-order chi connectivity index (χ1) is 15.0. The zero-order valence-corrected chi connectivity index (χ0v) is 18.1. The number of aromatic hydroxyl groups is 1. The standard InChI is InChI=1S/C21H29N5O6/c1-12(27)24-16(10-13-5-7-14(28)8-6-13)20(31)25(2)21(32)17-4-3-9-26(17)19(30)15(22)11-18(23)29/h5-8,15-17,28H,3-4,9-11,22H2,1-2H3,(H2,23,29)(H,24,27)/t15-,16-,17-/m0/s1. The van der Waals surface area contributed by atoms with Crippen LogP contribution in [-0.2, 0) is 30.4 Å². The Labute approximate surface area is 185 Å². The van der Waals surface area contributed by atoms with E-state index in [4.69, 9.17) is 11.5 Å². The lowest BCUT2D eigenvalue weighted by Crippen LogP contribution is -2.56. The Hall–Kier alpha value is -3.47. The quantitative estimate of drug-likeness (QED) is 0.379. The summed E-state index contributed by atoms with van der Waals surface area (Å²) in [5.74, 6) is -2.94. The summed E-state index contributed by atoms with van der Waals surface area (Å²) in [6.45, 7) is 1.53. The summed E-state index contributed by atoms with van der Waals surface area (Å²) in [5.41, 5.74) is 11.5. The van der Waals surface area contributed by atoms with Gasteiger partial charge in [-0.05, 0) is 30.5 Å². The number of likely N-dealkylation sites (N-methyl/N-ethyl adjacent to an activating group) is 1. The zero-order chi connectivity index (χ0) is 24.0. The van der Waals surface area contributed by atoms with Crippen LogP contribution in [0.5, 0.6) is 5.75 Å². The van der Waals surface area contributed by atoms with Crippen molar-refractivity contribution in [1.29, 1.82) is 0 Å². The molecule has 11 heteroatoms. The second-order valence-corrected chi connectivity index (χ2v) is 7.83. The zero-order valence-electron chi connectivity index (χ0n) is 18.1. The van der Waals surface area contributed by atoms with E-state index in [1.54, 1.807) is 12.1 Å². The molecule has 11 nitrogen and oxygen atoms in total. The highest BCUT2D eigenvalue weighted by atomic mass is 16.3. The molecule has 0 radical (unpaired) electrons. The number of likely N-dealkylation sites (tertiary alicyclic amines) is 1. The Morgan fingerprint density at radius 1 is 1.22 bits per heavy atom. The van der Waals surface area contributed by atoms with Crippen molar-refractivity contribution < 1.29 is 29.1 Å². The maximum absolute atomic E-state index is 13.1. The Morgan fingerprint density at radius 2 is 1.84 bits per heavy atom. The first-order valence-corrected chi connectivity index (χ1v) is 10.2. The van der Waals surface area contributed by atoms with Crippen molar-refractivity contribution in [3.63, 3.8) is 0 Å². The van der Waals surface area contributed by atoms with Gasteiger partial charge < -0.3 is 26.8 Å². The first-order valence-electron chi connectivity index (χ1n) is 10.2. The summed E-state index contributed by atoms with van der Waals surface area (Å²) in [6, 6.07) is 3.04. The van der Waals surface area contributed by atoms with Crippen LogP contribution in [0.4, 0.5) is 0 Å². The van der Waals surface area contributed by atoms with Crippen LogP contribution >= 0.6 is 0 Å². The van der Waals surface area contributed by atoms with E-state index in [0.29, 0.717) is 18.4 Å². The number of primary amides is 1. The number of nitrogens with zero attached hydrogens (tertiary/aromatic N) is 2. The van der Waals surface area contributed by atoms with Crippen molar-refractivity contribution in [2.45, 2.75) is 50.7 Å². The molecule has 5 amide bonds. The van der Waals surface area contributed by atoms with Crippen LogP contribution in [0.1, 0.15) is 31.7 Å². The van der Waals surface area contributed by atoms with Crippen molar-refractivity contribution >= 4 is 29.5 Å². The van der Waals surface area contributed by atoms with Gasteiger partial charge in [-0.2, -0.15) is 0 Å². The molecule has 0 aliphatic carbocycles. The maximum Gasteiger partial charge on any atom is 0.251 e. The van der Waals surface area contributed by atoms with E-state index in [1.165, 1.54) is 31.0 Å². The number of hydrogen-bond donors (Lipinski definition) is 4. The highest BCUT2D eigenvalue weighted by molar-refractivity contribution is 6.02. The van der Waals surface area contributed by atoms with Gasteiger partial charge in [0.05, 0.1) is 12.5 Å². The highest BCUT2D eigenvalue weighted by Gasteiger charge is 2.40. The fourth-order valence-electron chi connectivity index (χ4n) is 3.68. The third kappa shape index (κ3) is 6.27. The molecule has 0 unspecified atom stereocenters. The van der Waals surface area contributed by atoms with Crippen molar-refractivity contribution in [2.24, 2.45) is 11.5 Å². The molecule has 1 aromatic rings. The van der Waals surface area contributed by atoms with Crippen LogP contribution in [0.2, 0.25) is 0 Å². The summed E-state index contributed by atoms with van der Waals surface area (Å²) in [7, 11) is 1.29. The third-order valence-electron chi connectivity index (χ3n) is 5.27. The number of carbonyl (C=O) groups excluding carboxylic acids is 5. The fraction of sp³-hybridized carbons (Fsp3) is 0.476. The molecule has 1 aliphatic heterocycles. The second kappa shape index (κ2) is 10.7. The van der Waals surface area contributed by atoms with Gasteiger partial charge in [0.25, 0.3) is 11.8 Å². The minimum absolute atomic E-state index is 0.0592. The van der Waals surface area contributed by atoms with E-state index in [0.717, 1.165) is 4.90 Å². The second-order valence-electron chi connectivity index (χ2n) is 7.83. The van der Waals surface area contributed by atoms with Gasteiger partial charge in [-0.3, -0.25) is 28.9 Å². The molecule has 0 bridgehead atoms. The summed E-state index contributed by atoms with van der Waals surface area (Å²) in [6.07, 6.45) is 0.639. The molecular formula is C21H29N5O6. The normalized spacial score (nSPS) is 17.3.